The minimum absolute atomic E-state index is 0.155. The Kier molecular flexibility index (Phi) is 7.29. The van der Waals surface area contributed by atoms with Crippen LogP contribution in [0.3, 0.4) is 0 Å². The summed E-state index contributed by atoms with van der Waals surface area (Å²) in [5, 5.41) is 10.0. The molecule has 1 aromatic carbocycles. The Bertz CT molecular complexity index is 985. The topological polar surface area (TPSA) is 106 Å². The number of carbonyl (C=O) groups is 3. The summed E-state index contributed by atoms with van der Waals surface area (Å²) < 4.78 is 6.70. The normalized spacial score (nSPS) is 17.8. The number of nitrogens with one attached hydrogen (secondary N) is 2. The van der Waals surface area contributed by atoms with Gasteiger partial charge in [-0.15, -0.1) is 0 Å². The number of benzene rings is 1. The second-order valence-electron chi connectivity index (χ2n) is 8.19. The number of ether oxygens (including phenoxy) is 1. The minimum atomic E-state index is -1.13. The zero-order valence-corrected chi connectivity index (χ0v) is 19.1. The van der Waals surface area contributed by atoms with Crippen molar-refractivity contribution in [3.8, 4) is 0 Å². The number of fused-ring (bicyclic) bond motifs is 1. The molecule has 1 atom stereocenters. The third-order valence-corrected chi connectivity index (χ3v) is 5.75. The third kappa shape index (κ3) is 4.99. The molecule has 0 aliphatic carbocycles. The van der Waals surface area contributed by atoms with Gasteiger partial charge in [-0.3, -0.25) is 19.1 Å². The van der Waals surface area contributed by atoms with Gasteiger partial charge in [0.05, 0.1) is 6.54 Å². The fraction of sp³-hybridized carbons (Fsp3) is 0.478. The second-order valence-corrected chi connectivity index (χ2v) is 8.19. The number of likely N-dealkylation sites (N-methyl/N-ethyl adjacent to an activating group) is 1. The maximum atomic E-state index is 13.1. The number of hydrogen-bond acceptors (Lipinski definition) is 5. The van der Waals surface area contributed by atoms with Crippen LogP contribution in [-0.2, 0) is 22.6 Å². The monoisotopic (exact) mass is 441 g/mol. The van der Waals surface area contributed by atoms with E-state index in [1.807, 2.05) is 38.1 Å². The Morgan fingerprint density at radius 1 is 1.22 bits per heavy atom. The highest BCUT2D eigenvalue weighted by molar-refractivity contribution is 6.01. The highest BCUT2D eigenvalue weighted by atomic mass is 16.5. The molecule has 172 valence electrons. The first-order chi connectivity index (χ1) is 15.3. The number of aryl methyl sites for hydroxylation is 1. The van der Waals surface area contributed by atoms with Gasteiger partial charge in [0.1, 0.15) is 11.2 Å². The van der Waals surface area contributed by atoms with E-state index in [9.17, 15) is 14.4 Å². The van der Waals surface area contributed by atoms with Crippen molar-refractivity contribution in [3.05, 3.63) is 52.8 Å². The second kappa shape index (κ2) is 9.95. The Morgan fingerprint density at radius 2 is 1.94 bits per heavy atom. The van der Waals surface area contributed by atoms with Crippen LogP contribution < -0.4 is 10.6 Å². The van der Waals surface area contributed by atoms with Gasteiger partial charge in [0.25, 0.3) is 11.8 Å². The zero-order chi connectivity index (χ0) is 23.3. The van der Waals surface area contributed by atoms with E-state index >= 15 is 0 Å². The molecule has 32 heavy (non-hydrogen) atoms. The van der Waals surface area contributed by atoms with Gasteiger partial charge in [0.2, 0.25) is 5.91 Å². The molecule has 3 rings (SSSR count). The van der Waals surface area contributed by atoms with Crippen molar-refractivity contribution < 1.29 is 19.1 Å². The van der Waals surface area contributed by atoms with Crippen molar-refractivity contribution in [3.63, 3.8) is 0 Å². The van der Waals surface area contributed by atoms with Gasteiger partial charge in [0, 0.05) is 39.4 Å². The van der Waals surface area contributed by atoms with Crippen LogP contribution in [0.4, 0.5) is 0 Å². The highest BCUT2D eigenvalue weighted by Crippen LogP contribution is 2.26. The van der Waals surface area contributed by atoms with Crippen molar-refractivity contribution in [1.82, 2.24) is 25.3 Å². The molecular weight excluding hydrogens is 410 g/mol. The van der Waals surface area contributed by atoms with Gasteiger partial charge in [-0.05, 0) is 32.8 Å². The molecule has 9 heteroatoms. The molecule has 1 aromatic heterocycles. The zero-order valence-electron chi connectivity index (χ0n) is 19.1. The number of rotatable bonds is 9. The van der Waals surface area contributed by atoms with E-state index in [4.69, 9.17) is 4.74 Å². The molecule has 2 heterocycles. The van der Waals surface area contributed by atoms with Crippen LogP contribution in [0.1, 0.15) is 52.4 Å². The first kappa shape index (κ1) is 23.5. The molecule has 0 spiro atoms. The van der Waals surface area contributed by atoms with Crippen molar-refractivity contribution >= 4 is 17.7 Å². The molecule has 0 unspecified atom stereocenters. The third-order valence-electron chi connectivity index (χ3n) is 5.75. The summed E-state index contributed by atoms with van der Waals surface area (Å²) in [6.07, 6.45) is 0.689. The van der Waals surface area contributed by atoms with Gasteiger partial charge in [-0.2, -0.15) is 5.10 Å². The fourth-order valence-corrected chi connectivity index (χ4v) is 3.53. The standard InChI is InChI=1S/C23H31N5O4/c1-5-32-12-6-11-24-20(29)18-13-19-21(30)27(4)23(3,15-28(19)26-18)22(31)25-14-17-9-7-16(2)8-10-17/h7-10,13H,5-6,11-12,14-15H2,1-4H3,(H,24,29)(H,25,31)/t23-/m1/s1. The van der Waals surface area contributed by atoms with Crippen LogP contribution in [0, 0.1) is 6.92 Å². The average molecular weight is 442 g/mol. The molecule has 1 aliphatic rings. The molecule has 0 saturated carbocycles. The summed E-state index contributed by atoms with van der Waals surface area (Å²) in [7, 11) is 1.60. The van der Waals surface area contributed by atoms with Crippen molar-refractivity contribution in [2.45, 2.75) is 45.8 Å². The lowest BCUT2D eigenvalue weighted by Crippen LogP contribution is -2.62. The molecule has 2 N–H and O–H groups in total. The van der Waals surface area contributed by atoms with Gasteiger partial charge in [-0.1, -0.05) is 29.8 Å². The molecule has 0 bridgehead atoms. The number of nitrogens with zero attached hydrogens (tertiary/aromatic N) is 3. The summed E-state index contributed by atoms with van der Waals surface area (Å²) in [6.45, 7) is 7.79. The smallest absolute Gasteiger partial charge is 0.272 e. The molecule has 2 aromatic rings. The van der Waals surface area contributed by atoms with E-state index in [-0.39, 0.29) is 35.7 Å². The van der Waals surface area contributed by atoms with Crippen LogP contribution in [0.2, 0.25) is 0 Å². The van der Waals surface area contributed by atoms with Crippen molar-refractivity contribution in [2.75, 3.05) is 26.8 Å². The van der Waals surface area contributed by atoms with Crippen LogP contribution in [0.25, 0.3) is 0 Å². The Morgan fingerprint density at radius 3 is 2.62 bits per heavy atom. The predicted octanol–water partition coefficient (Wildman–Crippen LogP) is 1.51. The number of hydrogen-bond donors (Lipinski definition) is 2. The Balaban J connectivity index is 1.67. The first-order valence-electron chi connectivity index (χ1n) is 10.8. The average Bonchev–Trinajstić information content (AvgIpc) is 3.20. The summed E-state index contributed by atoms with van der Waals surface area (Å²) in [5.41, 5.74) is 1.43. The highest BCUT2D eigenvalue weighted by Gasteiger charge is 2.46. The van der Waals surface area contributed by atoms with Crippen LogP contribution >= 0.6 is 0 Å². The molecular formula is C23H31N5O4. The number of carbonyl (C=O) groups excluding carboxylic acids is 3. The van der Waals surface area contributed by atoms with E-state index in [1.165, 1.54) is 15.6 Å². The van der Waals surface area contributed by atoms with Crippen LogP contribution in [0.5, 0.6) is 0 Å². The molecule has 0 fully saturated rings. The number of aromatic nitrogens is 2. The lowest BCUT2D eigenvalue weighted by Gasteiger charge is -2.40. The lowest BCUT2D eigenvalue weighted by molar-refractivity contribution is -0.132. The van der Waals surface area contributed by atoms with Gasteiger partial charge in [0.15, 0.2) is 5.69 Å². The van der Waals surface area contributed by atoms with Gasteiger partial charge in [-0.25, -0.2) is 0 Å². The minimum Gasteiger partial charge on any atom is -0.382 e. The molecule has 9 nitrogen and oxygen atoms in total. The molecule has 0 radical (unpaired) electrons. The van der Waals surface area contributed by atoms with Gasteiger partial charge >= 0.3 is 0 Å². The van der Waals surface area contributed by atoms with E-state index < -0.39 is 5.54 Å². The summed E-state index contributed by atoms with van der Waals surface area (Å²) in [4.78, 5) is 39.9. The SMILES string of the molecule is CCOCCCNC(=O)c1cc2n(n1)C[C@](C)(C(=O)NCc1ccc(C)cc1)N(C)C2=O. The first-order valence-corrected chi connectivity index (χ1v) is 10.8. The van der Waals surface area contributed by atoms with Crippen LogP contribution in [0.15, 0.2) is 30.3 Å². The Labute approximate surface area is 188 Å². The molecule has 1 aliphatic heterocycles. The van der Waals surface area contributed by atoms with Crippen LogP contribution in [-0.4, -0.2) is 64.7 Å². The summed E-state index contributed by atoms with van der Waals surface area (Å²) in [6, 6.07) is 9.36. The lowest BCUT2D eigenvalue weighted by atomic mass is 9.95. The maximum Gasteiger partial charge on any atom is 0.272 e. The largest absolute Gasteiger partial charge is 0.382 e. The quantitative estimate of drug-likeness (QED) is 0.574. The number of amides is 3. The fourth-order valence-electron chi connectivity index (χ4n) is 3.53. The molecule has 0 saturated heterocycles. The predicted molar refractivity (Wildman–Crippen MR) is 119 cm³/mol. The Hall–Kier alpha value is -3.20. The van der Waals surface area contributed by atoms with E-state index in [0.717, 1.165) is 11.1 Å². The molecule has 3 amide bonds. The van der Waals surface area contributed by atoms with Crippen molar-refractivity contribution in [2.24, 2.45) is 0 Å². The summed E-state index contributed by atoms with van der Waals surface area (Å²) >= 11 is 0. The van der Waals surface area contributed by atoms with E-state index in [2.05, 4.69) is 15.7 Å². The van der Waals surface area contributed by atoms with Crippen molar-refractivity contribution in [1.29, 1.82) is 0 Å². The van der Waals surface area contributed by atoms with E-state index in [1.54, 1.807) is 14.0 Å². The van der Waals surface area contributed by atoms with Gasteiger partial charge < -0.3 is 20.3 Å². The summed E-state index contributed by atoms with van der Waals surface area (Å²) in [5.74, 6) is -0.992. The maximum absolute atomic E-state index is 13.1. The van der Waals surface area contributed by atoms with E-state index in [0.29, 0.717) is 32.7 Å².